The molecule has 0 radical (unpaired) electrons. The van der Waals surface area contributed by atoms with Gasteiger partial charge in [-0.1, -0.05) is 0 Å². The summed E-state index contributed by atoms with van der Waals surface area (Å²) < 4.78 is 29.8. The Morgan fingerprint density at radius 1 is 1.45 bits per heavy atom. The molecule has 1 atom stereocenters. The van der Waals surface area contributed by atoms with Crippen LogP contribution < -0.4 is 10.7 Å². The molecule has 1 amide bonds. The van der Waals surface area contributed by atoms with Gasteiger partial charge < -0.3 is 9.73 Å². The zero-order valence-electron chi connectivity index (χ0n) is 12.7. The fraction of sp³-hybridized carbons (Fsp3) is 0.571. The quantitative estimate of drug-likeness (QED) is 0.860. The van der Waals surface area contributed by atoms with Crippen molar-refractivity contribution >= 4 is 15.9 Å². The van der Waals surface area contributed by atoms with E-state index < -0.39 is 15.9 Å². The van der Waals surface area contributed by atoms with Crippen LogP contribution >= 0.6 is 0 Å². The van der Waals surface area contributed by atoms with E-state index in [2.05, 4.69) is 5.32 Å². The molecule has 0 spiro atoms. The van der Waals surface area contributed by atoms with Crippen LogP contribution in [0, 0.1) is 12.8 Å². The smallest absolute Gasteiger partial charge is 0.287 e. The van der Waals surface area contributed by atoms with Gasteiger partial charge in [-0.2, -0.15) is 0 Å². The molecule has 1 N–H and O–H groups in total. The van der Waals surface area contributed by atoms with Gasteiger partial charge in [0.05, 0.1) is 6.26 Å². The first-order valence-corrected chi connectivity index (χ1v) is 8.95. The highest BCUT2D eigenvalue weighted by atomic mass is 32.2. The highest BCUT2D eigenvalue weighted by molar-refractivity contribution is 7.88. The number of nitrogens with one attached hydrogen (secondary N) is 1. The van der Waals surface area contributed by atoms with Gasteiger partial charge in [0.2, 0.25) is 10.0 Å². The average molecular weight is 328 g/mol. The van der Waals surface area contributed by atoms with Crippen molar-refractivity contribution < 1.29 is 17.6 Å². The van der Waals surface area contributed by atoms with Crippen LogP contribution in [-0.4, -0.2) is 44.5 Å². The largest absolute Gasteiger partial charge is 0.456 e. The van der Waals surface area contributed by atoms with Crippen molar-refractivity contribution in [2.45, 2.75) is 19.8 Å². The summed E-state index contributed by atoms with van der Waals surface area (Å²) in [6.07, 6.45) is 2.81. The second kappa shape index (κ2) is 6.62. The second-order valence-electron chi connectivity index (χ2n) is 5.61. The van der Waals surface area contributed by atoms with Crippen molar-refractivity contribution in [2.75, 3.05) is 25.9 Å². The number of piperidine rings is 1. The van der Waals surface area contributed by atoms with E-state index in [1.165, 1.54) is 16.6 Å². The maximum atomic E-state index is 12.0. The maximum Gasteiger partial charge on any atom is 0.287 e. The Bertz CT molecular complexity index is 710. The highest BCUT2D eigenvalue weighted by Crippen LogP contribution is 2.18. The van der Waals surface area contributed by atoms with Gasteiger partial charge in [-0.25, -0.2) is 12.7 Å². The summed E-state index contributed by atoms with van der Waals surface area (Å²) in [7, 11) is -3.20. The van der Waals surface area contributed by atoms with E-state index in [1.807, 2.05) is 0 Å². The van der Waals surface area contributed by atoms with E-state index in [1.54, 1.807) is 6.92 Å². The number of amides is 1. The summed E-state index contributed by atoms with van der Waals surface area (Å²) in [4.78, 5) is 23.4. The Morgan fingerprint density at radius 2 is 2.18 bits per heavy atom. The zero-order valence-corrected chi connectivity index (χ0v) is 13.5. The molecule has 0 unspecified atom stereocenters. The van der Waals surface area contributed by atoms with E-state index in [4.69, 9.17) is 4.42 Å². The van der Waals surface area contributed by atoms with Gasteiger partial charge in [-0.15, -0.1) is 0 Å². The van der Waals surface area contributed by atoms with Crippen LogP contribution in [0.5, 0.6) is 0 Å². The Hall–Kier alpha value is -1.67. The highest BCUT2D eigenvalue weighted by Gasteiger charge is 2.26. The molecule has 8 heteroatoms. The topological polar surface area (TPSA) is 96.7 Å². The van der Waals surface area contributed by atoms with Gasteiger partial charge in [-0.3, -0.25) is 9.59 Å². The van der Waals surface area contributed by atoms with Crippen LogP contribution in [0.1, 0.15) is 29.2 Å². The predicted molar refractivity (Wildman–Crippen MR) is 81.2 cm³/mol. The van der Waals surface area contributed by atoms with Gasteiger partial charge >= 0.3 is 0 Å². The summed E-state index contributed by atoms with van der Waals surface area (Å²) in [6.45, 7) is 2.87. The van der Waals surface area contributed by atoms with Gasteiger partial charge in [0.1, 0.15) is 5.76 Å². The zero-order chi connectivity index (χ0) is 16.3. The molecule has 1 aromatic rings. The van der Waals surface area contributed by atoms with Crippen molar-refractivity contribution in [1.82, 2.24) is 9.62 Å². The molecule has 1 saturated heterocycles. The molecule has 22 heavy (non-hydrogen) atoms. The monoisotopic (exact) mass is 328 g/mol. The lowest BCUT2D eigenvalue weighted by Crippen LogP contribution is -2.43. The van der Waals surface area contributed by atoms with Crippen LogP contribution in [-0.2, 0) is 10.0 Å². The van der Waals surface area contributed by atoms with Crippen molar-refractivity contribution in [2.24, 2.45) is 5.92 Å². The van der Waals surface area contributed by atoms with Crippen LogP contribution in [0.15, 0.2) is 21.3 Å². The standard InChI is InChI=1S/C14H20N2O5S/c1-10-6-12(17)7-13(21-10)14(18)15-8-11-4-3-5-16(9-11)22(2,19)20/h6-7,11H,3-5,8-9H2,1-2H3,(H,15,18)/t11-/m0/s1. The number of carbonyl (C=O) groups excluding carboxylic acids is 1. The third kappa shape index (κ3) is 4.41. The summed E-state index contributed by atoms with van der Waals surface area (Å²) >= 11 is 0. The molecule has 1 aromatic heterocycles. The van der Waals surface area contributed by atoms with Crippen LogP contribution in [0.2, 0.25) is 0 Å². The average Bonchev–Trinajstić information content (AvgIpc) is 2.43. The van der Waals surface area contributed by atoms with Crippen LogP contribution in [0.3, 0.4) is 0 Å². The third-order valence-corrected chi connectivity index (χ3v) is 4.89. The normalized spacial score (nSPS) is 19.8. The fourth-order valence-corrected chi connectivity index (χ4v) is 3.48. The minimum Gasteiger partial charge on any atom is -0.456 e. The molecule has 0 aliphatic carbocycles. The van der Waals surface area contributed by atoms with Crippen molar-refractivity contribution in [3.8, 4) is 0 Å². The SMILES string of the molecule is Cc1cc(=O)cc(C(=O)NC[C@@H]2CCCN(S(C)(=O)=O)C2)o1. The summed E-state index contributed by atoms with van der Waals surface area (Å²) in [5, 5.41) is 2.70. The molecule has 1 aliphatic rings. The molecule has 7 nitrogen and oxygen atoms in total. The van der Waals surface area contributed by atoms with Crippen LogP contribution in [0.25, 0.3) is 0 Å². The Balaban J connectivity index is 1.95. The molecule has 2 rings (SSSR count). The van der Waals surface area contributed by atoms with Crippen LogP contribution in [0.4, 0.5) is 0 Å². The molecule has 0 aromatic carbocycles. The molecule has 122 valence electrons. The first-order chi connectivity index (χ1) is 10.3. The fourth-order valence-electron chi connectivity index (χ4n) is 2.53. The number of rotatable bonds is 4. The van der Waals surface area contributed by atoms with E-state index in [0.717, 1.165) is 18.9 Å². The van der Waals surface area contributed by atoms with Gasteiger partial charge in [0.25, 0.3) is 5.91 Å². The number of nitrogens with zero attached hydrogens (tertiary/aromatic N) is 1. The first-order valence-electron chi connectivity index (χ1n) is 7.11. The van der Waals surface area contributed by atoms with Crippen molar-refractivity contribution in [1.29, 1.82) is 0 Å². The number of carbonyl (C=O) groups is 1. The molecule has 0 bridgehead atoms. The van der Waals surface area contributed by atoms with Crippen molar-refractivity contribution in [3.63, 3.8) is 0 Å². The molecule has 2 heterocycles. The maximum absolute atomic E-state index is 12.0. The van der Waals surface area contributed by atoms with Gasteiger partial charge in [-0.05, 0) is 25.7 Å². The van der Waals surface area contributed by atoms with Crippen molar-refractivity contribution in [3.05, 3.63) is 33.9 Å². The van der Waals surface area contributed by atoms with E-state index in [9.17, 15) is 18.0 Å². The Morgan fingerprint density at radius 3 is 2.82 bits per heavy atom. The molecule has 1 aliphatic heterocycles. The number of aryl methyl sites for hydroxylation is 1. The van der Waals surface area contributed by atoms with Gasteiger partial charge in [0, 0.05) is 31.8 Å². The van der Waals surface area contributed by atoms with E-state index >= 15 is 0 Å². The summed E-state index contributed by atoms with van der Waals surface area (Å²) in [5.41, 5.74) is -0.283. The Kier molecular flexibility index (Phi) is 5.02. The minimum absolute atomic E-state index is 0.0271. The molecular formula is C14H20N2O5S. The summed E-state index contributed by atoms with van der Waals surface area (Å²) in [6, 6.07) is 2.45. The number of sulfonamides is 1. The van der Waals surface area contributed by atoms with E-state index in [0.29, 0.717) is 25.4 Å². The summed E-state index contributed by atoms with van der Waals surface area (Å²) in [5.74, 6) is -0.0550. The lowest BCUT2D eigenvalue weighted by molar-refractivity contribution is 0.0909. The Labute approximate surface area is 129 Å². The van der Waals surface area contributed by atoms with E-state index in [-0.39, 0.29) is 17.1 Å². The number of hydrogen-bond acceptors (Lipinski definition) is 5. The minimum atomic E-state index is -3.20. The van der Waals surface area contributed by atoms with Gasteiger partial charge in [0.15, 0.2) is 11.2 Å². The number of hydrogen-bond donors (Lipinski definition) is 1. The predicted octanol–water partition coefficient (Wildman–Crippen LogP) is 0.350. The third-order valence-electron chi connectivity index (χ3n) is 3.62. The second-order valence-corrected chi connectivity index (χ2v) is 7.59. The molecule has 0 saturated carbocycles. The molecular weight excluding hydrogens is 308 g/mol. The lowest BCUT2D eigenvalue weighted by atomic mass is 10.00. The molecule has 1 fully saturated rings. The lowest BCUT2D eigenvalue weighted by Gasteiger charge is -2.30. The first kappa shape index (κ1) is 16.7.